The zero-order valence-corrected chi connectivity index (χ0v) is 25.9. The van der Waals surface area contributed by atoms with E-state index in [1.54, 1.807) is 6.92 Å². The van der Waals surface area contributed by atoms with Crippen molar-refractivity contribution in [1.82, 2.24) is 0 Å². The number of benzene rings is 1. The maximum Gasteiger partial charge on any atom is 0.347 e. The molecule has 2 atom stereocenters. The number of hydrogen-bond acceptors (Lipinski definition) is 11. The Balaban J connectivity index is 1.89. The van der Waals surface area contributed by atoms with Crippen molar-refractivity contribution in [2.24, 2.45) is 0 Å². The number of hydrogen-bond donors (Lipinski definition) is 1. The molecule has 1 heterocycles. The summed E-state index contributed by atoms with van der Waals surface area (Å²) in [7, 11) is 0. The smallest absolute Gasteiger partial charge is 0.347 e. The molecule has 1 N–H and O–H groups in total. The maximum absolute atomic E-state index is 12.6. The van der Waals surface area contributed by atoms with Crippen molar-refractivity contribution in [2.75, 3.05) is 19.8 Å². The lowest BCUT2D eigenvalue weighted by molar-refractivity contribution is -0.220. The Morgan fingerprint density at radius 3 is 2.20 bits per heavy atom. The van der Waals surface area contributed by atoms with E-state index in [9.17, 15) is 29.1 Å². The molecule has 0 bridgehead atoms. The molecule has 0 saturated carbocycles. The Bertz CT molecular complexity index is 1320. The lowest BCUT2D eigenvalue weighted by Gasteiger charge is -2.28. The summed E-state index contributed by atoms with van der Waals surface area (Å²) < 4.78 is 31.7. The van der Waals surface area contributed by atoms with Crippen molar-refractivity contribution in [3.63, 3.8) is 0 Å². The van der Waals surface area contributed by atoms with E-state index in [-0.39, 0.29) is 60.2 Å². The van der Waals surface area contributed by atoms with E-state index in [1.807, 2.05) is 0 Å². The van der Waals surface area contributed by atoms with Crippen LogP contribution in [-0.4, -0.2) is 66.7 Å². The fourth-order valence-electron chi connectivity index (χ4n) is 3.54. The van der Waals surface area contributed by atoms with Gasteiger partial charge in [-0.2, -0.15) is 0 Å². The lowest BCUT2D eigenvalue weighted by Crippen LogP contribution is -2.38. The average molecular weight is 629 g/mol. The summed E-state index contributed by atoms with van der Waals surface area (Å²) in [4.78, 5) is 60.5. The van der Waals surface area contributed by atoms with Crippen LogP contribution in [-0.2, 0) is 42.9 Å². The SMILES string of the molecule is C=C(C)C(=O)OC(C)(CC=C(CCC1CO1)C(=O)O)OC(=O)COc1ccc(OC(=O)C(=C)CCCOC(=O)C(=C)CC)cc1. The number of carboxylic acids is 1. The average Bonchev–Trinajstić information content (AvgIpc) is 3.82. The molecule has 0 radical (unpaired) electrons. The first-order valence-corrected chi connectivity index (χ1v) is 14.3. The fraction of sp³-hybridized carbons (Fsp3) is 0.424. The van der Waals surface area contributed by atoms with Crippen LogP contribution in [0.15, 0.2) is 72.4 Å². The van der Waals surface area contributed by atoms with Crippen LogP contribution in [0.2, 0.25) is 0 Å². The molecule has 12 heteroatoms. The van der Waals surface area contributed by atoms with E-state index in [4.69, 9.17) is 28.4 Å². The number of ether oxygens (including phenoxy) is 6. The minimum atomic E-state index is -1.83. The highest BCUT2D eigenvalue weighted by Gasteiger charge is 2.34. The van der Waals surface area contributed by atoms with Crippen LogP contribution in [0.3, 0.4) is 0 Å². The molecule has 1 aromatic rings. The molecular formula is C33H40O12. The van der Waals surface area contributed by atoms with Gasteiger partial charge in [-0.05, 0) is 63.3 Å². The van der Waals surface area contributed by atoms with Crippen LogP contribution in [0.5, 0.6) is 11.5 Å². The molecule has 12 nitrogen and oxygen atoms in total. The van der Waals surface area contributed by atoms with Gasteiger partial charge in [0.05, 0.1) is 19.3 Å². The molecule has 2 unspecified atom stereocenters. The molecule has 0 aromatic heterocycles. The first kappa shape index (κ1) is 36.5. The summed E-state index contributed by atoms with van der Waals surface area (Å²) in [6.45, 7) is 15.5. The Morgan fingerprint density at radius 2 is 1.62 bits per heavy atom. The van der Waals surface area contributed by atoms with Crippen molar-refractivity contribution in [1.29, 1.82) is 0 Å². The minimum absolute atomic E-state index is 0.0252. The van der Waals surface area contributed by atoms with Crippen LogP contribution >= 0.6 is 0 Å². The second-order valence-electron chi connectivity index (χ2n) is 10.5. The summed E-state index contributed by atoms with van der Waals surface area (Å²) >= 11 is 0. The second-order valence-corrected chi connectivity index (χ2v) is 10.5. The minimum Gasteiger partial charge on any atom is -0.482 e. The van der Waals surface area contributed by atoms with Crippen LogP contribution in [0.4, 0.5) is 0 Å². The highest BCUT2D eigenvalue weighted by molar-refractivity contribution is 5.90. The standard InChI is InChI=1S/C33H40O12/c1-7-22(4)31(38)40-18-8-9-23(5)32(39)43-26-14-12-25(13-15-26)42-20-28(34)44-33(6,45-30(37)21(2)3)17-16-24(29(35)36)10-11-27-19-41-27/h12-16,27H,2,4-5,7-11,17-20H2,1,3,6H3,(H,35,36). The molecule has 1 aromatic carbocycles. The van der Waals surface area contributed by atoms with Crippen molar-refractivity contribution in [3.8, 4) is 11.5 Å². The second kappa shape index (κ2) is 17.6. The topological polar surface area (TPSA) is 164 Å². The zero-order chi connectivity index (χ0) is 33.6. The van der Waals surface area contributed by atoms with E-state index in [1.165, 1.54) is 44.2 Å². The maximum atomic E-state index is 12.6. The van der Waals surface area contributed by atoms with E-state index in [0.717, 1.165) is 0 Å². The molecule has 0 amide bonds. The van der Waals surface area contributed by atoms with E-state index in [0.29, 0.717) is 31.4 Å². The molecule has 45 heavy (non-hydrogen) atoms. The van der Waals surface area contributed by atoms with Crippen LogP contribution in [0, 0.1) is 0 Å². The monoisotopic (exact) mass is 628 g/mol. The third-order valence-electron chi connectivity index (χ3n) is 6.37. The highest BCUT2D eigenvalue weighted by atomic mass is 16.7. The Labute approximate surface area is 262 Å². The van der Waals surface area contributed by atoms with Gasteiger partial charge in [0.15, 0.2) is 6.61 Å². The third-order valence-corrected chi connectivity index (χ3v) is 6.37. The van der Waals surface area contributed by atoms with Gasteiger partial charge in [0.25, 0.3) is 5.79 Å². The Hall–Kier alpha value is -4.71. The number of carbonyl (C=O) groups is 5. The van der Waals surface area contributed by atoms with Crippen molar-refractivity contribution < 1.29 is 57.5 Å². The predicted octanol–water partition coefficient (Wildman–Crippen LogP) is 4.78. The lowest BCUT2D eigenvalue weighted by atomic mass is 10.1. The van der Waals surface area contributed by atoms with Gasteiger partial charge >= 0.3 is 29.8 Å². The summed E-state index contributed by atoms with van der Waals surface area (Å²) in [5.74, 6) is -5.36. The third kappa shape index (κ3) is 13.6. The molecule has 2 rings (SSSR count). The molecular weight excluding hydrogens is 588 g/mol. The number of carboxylic acid groups (broad SMARTS) is 1. The predicted molar refractivity (Wildman–Crippen MR) is 161 cm³/mol. The number of carbonyl (C=O) groups excluding carboxylic acids is 4. The molecule has 1 fully saturated rings. The highest BCUT2D eigenvalue weighted by Crippen LogP contribution is 2.25. The number of rotatable bonds is 20. The van der Waals surface area contributed by atoms with E-state index >= 15 is 0 Å². The van der Waals surface area contributed by atoms with Gasteiger partial charge in [0.1, 0.15) is 11.5 Å². The van der Waals surface area contributed by atoms with Crippen LogP contribution in [0.25, 0.3) is 0 Å². The van der Waals surface area contributed by atoms with Gasteiger partial charge in [-0.1, -0.05) is 32.7 Å². The quantitative estimate of drug-likeness (QED) is 0.0526. The first-order chi connectivity index (χ1) is 21.2. The Kier molecular flexibility index (Phi) is 14.2. The first-order valence-electron chi connectivity index (χ1n) is 14.3. The molecule has 0 aliphatic carbocycles. The zero-order valence-electron chi connectivity index (χ0n) is 25.9. The van der Waals surface area contributed by atoms with E-state index in [2.05, 4.69) is 19.7 Å². The summed E-state index contributed by atoms with van der Waals surface area (Å²) in [6.07, 6.45) is 3.04. The molecule has 0 spiro atoms. The number of epoxide rings is 1. The van der Waals surface area contributed by atoms with Crippen molar-refractivity contribution in [3.05, 3.63) is 72.4 Å². The van der Waals surface area contributed by atoms with Crippen molar-refractivity contribution >= 4 is 29.8 Å². The molecule has 1 aliphatic rings. The van der Waals surface area contributed by atoms with Crippen molar-refractivity contribution in [2.45, 2.75) is 71.2 Å². The number of esters is 4. The number of aliphatic carboxylic acids is 1. The fourth-order valence-corrected chi connectivity index (χ4v) is 3.54. The molecule has 1 saturated heterocycles. The van der Waals surface area contributed by atoms with Gasteiger partial charge in [-0.15, -0.1) is 0 Å². The Morgan fingerprint density at radius 1 is 0.978 bits per heavy atom. The van der Waals surface area contributed by atoms with Gasteiger partial charge < -0.3 is 33.5 Å². The summed E-state index contributed by atoms with van der Waals surface area (Å²) in [6, 6.07) is 5.83. The van der Waals surface area contributed by atoms with E-state index < -0.39 is 42.2 Å². The normalized spacial score (nSPS) is 15.1. The van der Waals surface area contributed by atoms with Gasteiger partial charge in [-0.3, -0.25) is 0 Å². The summed E-state index contributed by atoms with van der Waals surface area (Å²) in [5, 5.41) is 9.54. The molecule has 244 valence electrons. The van der Waals surface area contributed by atoms with Gasteiger partial charge in [0, 0.05) is 35.6 Å². The van der Waals surface area contributed by atoms with Gasteiger partial charge in [0.2, 0.25) is 0 Å². The van der Waals surface area contributed by atoms with Crippen LogP contribution < -0.4 is 9.47 Å². The van der Waals surface area contributed by atoms with Gasteiger partial charge in [-0.25, -0.2) is 24.0 Å². The summed E-state index contributed by atoms with van der Waals surface area (Å²) in [5.41, 5.74) is 0.695. The van der Waals surface area contributed by atoms with Crippen LogP contribution in [0.1, 0.15) is 59.3 Å². The largest absolute Gasteiger partial charge is 0.482 e. The molecule has 1 aliphatic heterocycles.